The van der Waals surface area contributed by atoms with Crippen LogP contribution in [0.2, 0.25) is 0 Å². The fourth-order valence-electron chi connectivity index (χ4n) is 3.05. The maximum absolute atomic E-state index is 12.3. The first-order chi connectivity index (χ1) is 15.4. The lowest BCUT2D eigenvalue weighted by Gasteiger charge is -2.19. The normalized spacial score (nSPS) is 11.7. The van der Waals surface area contributed by atoms with E-state index in [4.69, 9.17) is 10.2 Å². The van der Waals surface area contributed by atoms with E-state index in [1.807, 2.05) is 24.3 Å². The third-order valence-corrected chi connectivity index (χ3v) is 5.21. The average molecular weight is 435 g/mol. The molecule has 1 aromatic carbocycles. The van der Waals surface area contributed by atoms with Gasteiger partial charge in [-0.2, -0.15) is 19.5 Å². The minimum absolute atomic E-state index is 0.0169. The standard InChI is InChI=1S/C22H25N7O3/c1-22(2,13-30)17(31)12-15-7-5-14(6-8-15)9-10-24-20-26-19(23)29-21(27-20)25-18(28-29)16-4-3-11-32-16/h3-8,11,30H,9-10,12-13H2,1-2H3,(H3,23,24,25,26,27,28). The van der Waals surface area contributed by atoms with Crippen LogP contribution in [0.4, 0.5) is 11.9 Å². The molecule has 0 aliphatic rings. The van der Waals surface area contributed by atoms with Gasteiger partial charge in [0.1, 0.15) is 5.78 Å². The van der Waals surface area contributed by atoms with E-state index in [-0.39, 0.29) is 18.3 Å². The van der Waals surface area contributed by atoms with Crippen LogP contribution in [0.5, 0.6) is 0 Å². The molecule has 3 aromatic heterocycles. The summed E-state index contributed by atoms with van der Waals surface area (Å²) >= 11 is 0. The number of hydrogen-bond acceptors (Lipinski definition) is 9. The van der Waals surface area contributed by atoms with Gasteiger partial charge in [-0.3, -0.25) is 4.79 Å². The lowest BCUT2D eigenvalue weighted by Crippen LogP contribution is -2.29. The van der Waals surface area contributed by atoms with Gasteiger partial charge in [0.15, 0.2) is 5.76 Å². The van der Waals surface area contributed by atoms with Crippen LogP contribution in [-0.4, -0.2) is 48.6 Å². The molecule has 0 bridgehead atoms. The fraction of sp³-hybridized carbons (Fsp3) is 0.318. The number of aromatic nitrogens is 5. The molecule has 10 nitrogen and oxygen atoms in total. The van der Waals surface area contributed by atoms with Crippen molar-refractivity contribution in [2.24, 2.45) is 5.41 Å². The third-order valence-electron chi connectivity index (χ3n) is 5.21. The first-order valence-corrected chi connectivity index (χ1v) is 10.3. The summed E-state index contributed by atoms with van der Waals surface area (Å²) in [5.74, 6) is 1.78. The zero-order valence-corrected chi connectivity index (χ0v) is 17.9. The number of aliphatic hydroxyl groups excluding tert-OH is 1. The second-order valence-electron chi connectivity index (χ2n) is 8.17. The number of anilines is 2. The molecule has 0 aliphatic heterocycles. The number of Topliss-reactive ketones (excluding diaryl/α,β-unsaturated/α-hetero) is 1. The topological polar surface area (TPSA) is 144 Å². The number of nitrogens with two attached hydrogens (primary N) is 1. The van der Waals surface area contributed by atoms with Gasteiger partial charge < -0.3 is 20.6 Å². The molecule has 0 aliphatic carbocycles. The van der Waals surface area contributed by atoms with Crippen molar-refractivity contribution in [2.45, 2.75) is 26.7 Å². The van der Waals surface area contributed by atoms with Gasteiger partial charge in [-0.15, -0.1) is 5.10 Å². The Hall–Kier alpha value is -3.79. The van der Waals surface area contributed by atoms with Crippen LogP contribution >= 0.6 is 0 Å². The Bertz CT molecular complexity index is 1210. The molecule has 0 saturated heterocycles. The van der Waals surface area contributed by atoms with Crippen molar-refractivity contribution >= 4 is 23.5 Å². The summed E-state index contributed by atoms with van der Waals surface area (Å²) in [5, 5.41) is 16.8. The molecule has 0 spiro atoms. The van der Waals surface area contributed by atoms with Crippen LogP contribution in [-0.2, 0) is 17.6 Å². The fourth-order valence-corrected chi connectivity index (χ4v) is 3.05. The summed E-state index contributed by atoms with van der Waals surface area (Å²) in [4.78, 5) is 25.2. The van der Waals surface area contributed by atoms with Crippen LogP contribution in [0.1, 0.15) is 25.0 Å². The molecule has 10 heteroatoms. The maximum atomic E-state index is 12.3. The van der Waals surface area contributed by atoms with Crippen molar-refractivity contribution < 1.29 is 14.3 Å². The van der Waals surface area contributed by atoms with E-state index in [1.165, 1.54) is 4.52 Å². The summed E-state index contributed by atoms with van der Waals surface area (Å²) in [6.45, 7) is 3.93. The number of carbonyl (C=O) groups is 1. The van der Waals surface area contributed by atoms with Gasteiger partial charge in [0.05, 0.1) is 12.9 Å². The number of nitrogens with one attached hydrogen (secondary N) is 1. The number of ketones is 1. The molecule has 4 rings (SSSR count). The number of carbonyl (C=O) groups excluding carboxylic acids is 1. The summed E-state index contributed by atoms with van der Waals surface area (Å²) in [7, 11) is 0. The smallest absolute Gasteiger partial charge is 0.259 e. The molecule has 32 heavy (non-hydrogen) atoms. The van der Waals surface area contributed by atoms with Crippen molar-refractivity contribution in [2.75, 3.05) is 24.2 Å². The summed E-state index contributed by atoms with van der Waals surface area (Å²) in [5.41, 5.74) is 7.30. The second kappa shape index (κ2) is 8.75. The Kier molecular flexibility index (Phi) is 5.87. The first-order valence-electron chi connectivity index (χ1n) is 10.3. The Morgan fingerprint density at radius 2 is 1.91 bits per heavy atom. The van der Waals surface area contributed by atoms with E-state index in [1.54, 1.807) is 32.2 Å². The minimum atomic E-state index is -0.728. The molecule has 166 valence electrons. The highest BCUT2D eigenvalue weighted by molar-refractivity contribution is 5.86. The van der Waals surface area contributed by atoms with Crippen molar-refractivity contribution in [1.29, 1.82) is 0 Å². The van der Waals surface area contributed by atoms with Gasteiger partial charge >= 0.3 is 0 Å². The van der Waals surface area contributed by atoms with Gasteiger partial charge in [-0.1, -0.05) is 38.1 Å². The number of rotatable bonds is 9. The molecule has 4 N–H and O–H groups in total. The highest BCUT2D eigenvalue weighted by Gasteiger charge is 2.26. The van der Waals surface area contributed by atoms with E-state index >= 15 is 0 Å². The molecule has 4 aromatic rings. The monoisotopic (exact) mass is 435 g/mol. The number of nitrogen functional groups attached to an aromatic ring is 1. The lowest BCUT2D eigenvalue weighted by atomic mass is 9.85. The largest absolute Gasteiger partial charge is 0.461 e. The van der Waals surface area contributed by atoms with E-state index in [0.29, 0.717) is 36.3 Å². The zero-order valence-electron chi connectivity index (χ0n) is 17.9. The molecule has 0 unspecified atom stereocenters. The van der Waals surface area contributed by atoms with E-state index < -0.39 is 5.41 Å². The van der Waals surface area contributed by atoms with Crippen LogP contribution in [0.15, 0.2) is 47.1 Å². The maximum Gasteiger partial charge on any atom is 0.259 e. The molecular weight excluding hydrogens is 410 g/mol. The molecule has 0 amide bonds. The Morgan fingerprint density at radius 3 is 2.59 bits per heavy atom. The number of benzene rings is 1. The van der Waals surface area contributed by atoms with Gasteiger partial charge in [-0.25, -0.2) is 0 Å². The molecule has 3 heterocycles. The van der Waals surface area contributed by atoms with Crippen LogP contribution < -0.4 is 11.1 Å². The lowest BCUT2D eigenvalue weighted by molar-refractivity contribution is -0.128. The van der Waals surface area contributed by atoms with Gasteiger partial charge in [0, 0.05) is 18.4 Å². The second-order valence-corrected chi connectivity index (χ2v) is 8.17. The van der Waals surface area contributed by atoms with Crippen LogP contribution in [0, 0.1) is 5.41 Å². The summed E-state index contributed by atoms with van der Waals surface area (Å²) in [6, 6.07) is 11.4. The van der Waals surface area contributed by atoms with Gasteiger partial charge in [-0.05, 0) is 29.7 Å². The average Bonchev–Trinajstić information content (AvgIpc) is 3.45. The predicted octanol–water partition coefficient (Wildman–Crippen LogP) is 2.15. The molecule has 0 fully saturated rings. The quantitative estimate of drug-likeness (QED) is 0.360. The predicted molar refractivity (Wildman–Crippen MR) is 119 cm³/mol. The minimum Gasteiger partial charge on any atom is -0.461 e. The van der Waals surface area contributed by atoms with Crippen LogP contribution in [0.3, 0.4) is 0 Å². The Balaban J connectivity index is 1.36. The SMILES string of the molecule is CC(C)(CO)C(=O)Cc1ccc(CCNc2nc(N)n3nc(-c4ccco4)nc3n2)cc1. The number of nitrogens with zero attached hydrogens (tertiary/aromatic N) is 5. The van der Waals surface area contributed by atoms with Crippen molar-refractivity contribution in [1.82, 2.24) is 24.6 Å². The van der Waals surface area contributed by atoms with E-state index in [0.717, 1.165) is 17.5 Å². The molecule has 0 radical (unpaired) electrons. The summed E-state index contributed by atoms with van der Waals surface area (Å²) in [6.07, 6.45) is 2.58. The van der Waals surface area contributed by atoms with E-state index in [2.05, 4.69) is 25.4 Å². The van der Waals surface area contributed by atoms with Crippen molar-refractivity contribution in [3.8, 4) is 11.6 Å². The highest BCUT2D eigenvalue weighted by Crippen LogP contribution is 2.19. The van der Waals surface area contributed by atoms with Crippen LogP contribution in [0.25, 0.3) is 17.4 Å². The number of aliphatic hydroxyl groups is 1. The highest BCUT2D eigenvalue weighted by atomic mass is 16.3. The Labute approximate surface area is 184 Å². The number of fused-ring (bicyclic) bond motifs is 1. The van der Waals surface area contributed by atoms with Crippen molar-refractivity contribution in [3.63, 3.8) is 0 Å². The summed E-state index contributed by atoms with van der Waals surface area (Å²) < 4.78 is 6.67. The molecule has 0 saturated carbocycles. The van der Waals surface area contributed by atoms with E-state index in [9.17, 15) is 9.90 Å². The molecular formula is C22H25N7O3. The number of hydrogen-bond donors (Lipinski definition) is 3. The van der Waals surface area contributed by atoms with Crippen molar-refractivity contribution in [3.05, 3.63) is 53.8 Å². The number of furan rings is 1. The zero-order chi connectivity index (χ0) is 22.7. The first kappa shape index (κ1) is 21.4. The van der Waals surface area contributed by atoms with Gasteiger partial charge in [0.25, 0.3) is 5.78 Å². The Morgan fingerprint density at radius 1 is 1.16 bits per heavy atom. The van der Waals surface area contributed by atoms with Gasteiger partial charge in [0.2, 0.25) is 17.7 Å². The third kappa shape index (κ3) is 4.59. The molecule has 0 atom stereocenters.